The minimum Gasteiger partial charge on any atom is -0.339 e. The third-order valence-electron chi connectivity index (χ3n) is 3.03. The fourth-order valence-corrected chi connectivity index (χ4v) is 2.38. The molecule has 0 bridgehead atoms. The second kappa shape index (κ2) is 5.50. The standard InChI is InChI=1S/C12H24N2O/c1-5-13-11-6-7-14(12(11)15)10(4)8-9(2)3/h9-11,13H,5-8H2,1-4H3. The van der Waals surface area contributed by atoms with Gasteiger partial charge in [0.2, 0.25) is 5.91 Å². The molecule has 0 spiro atoms. The van der Waals surface area contributed by atoms with Crippen molar-refractivity contribution in [3.63, 3.8) is 0 Å². The number of hydrogen-bond acceptors (Lipinski definition) is 2. The number of amides is 1. The van der Waals surface area contributed by atoms with E-state index in [-0.39, 0.29) is 6.04 Å². The van der Waals surface area contributed by atoms with Crippen LogP contribution in [0.2, 0.25) is 0 Å². The van der Waals surface area contributed by atoms with Crippen LogP contribution in [0.5, 0.6) is 0 Å². The van der Waals surface area contributed by atoms with Crippen molar-refractivity contribution < 1.29 is 4.79 Å². The van der Waals surface area contributed by atoms with E-state index in [0.717, 1.165) is 25.9 Å². The van der Waals surface area contributed by atoms with Crippen LogP contribution in [0, 0.1) is 5.92 Å². The lowest BCUT2D eigenvalue weighted by Gasteiger charge is -2.26. The molecular weight excluding hydrogens is 188 g/mol. The van der Waals surface area contributed by atoms with Crippen LogP contribution in [0.15, 0.2) is 0 Å². The van der Waals surface area contributed by atoms with Gasteiger partial charge in [0.15, 0.2) is 0 Å². The third kappa shape index (κ3) is 3.20. The summed E-state index contributed by atoms with van der Waals surface area (Å²) in [6, 6.07) is 0.464. The molecular formula is C12H24N2O. The van der Waals surface area contributed by atoms with Gasteiger partial charge in [-0.25, -0.2) is 0 Å². The smallest absolute Gasteiger partial charge is 0.240 e. The number of carbonyl (C=O) groups excluding carboxylic acids is 1. The second-order valence-electron chi connectivity index (χ2n) is 4.91. The Labute approximate surface area is 93.2 Å². The van der Waals surface area contributed by atoms with Crippen molar-refractivity contribution in [2.75, 3.05) is 13.1 Å². The van der Waals surface area contributed by atoms with Crippen molar-refractivity contribution in [2.45, 2.75) is 52.6 Å². The molecule has 1 aliphatic rings. The molecule has 15 heavy (non-hydrogen) atoms. The third-order valence-corrected chi connectivity index (χ3v) is 3.03. The Morgan fingerprint density at radius 3 is 2.67 bits per heavy atom. The van der Waals surface area contributed by atoms with Gasteiger partial charge in [-0.2, -0.15) is 0 Å². The minimum absolute atomic E-state index is 0.0737. The lowest BCUT2D eigenvalue weighted by atomic mass is 10.0. The van der Waals surface area contributed by atoms with E-state index >= 15 is 0 Å². The monoisotopic (exact) mass is 212 g/mol. The highest BCUT2D eigenvalue weighted by Crippen LogP contribution is 2.18. The van der Waals surface area contributed by atoms with Crippen LogP contribution in [-0.4, -0.2) is 36.0 Å². The van der Waals surface area contributed by atoms with Crippen LogP contribution in [0.1, 0.15) is 40.5 Å². The van der Waals surface area contributed by atoms with Crippen LogP contribution in [-0.2, 0) is 4.79 Å². The summed E-state index contributed by atoms with van der Waals surface area (Å²) in [6.45, 7) is 10.4. The Morgan fingerprint density at radius 2 is 2.13 bits per heavy atom. The second-order valence-corrected chi connectivity index (χ2v) is 4.91. The van der Waals surface area contributed by atoms with E-state index in [4.69, 9.17) is 0 Å². The number of nitrogens with zero attached hydrogens (tertiary/aromatic N) is 1. The Kier molecular flexibility index (Phi) is 4.58. The van der Waals surface area contributed by atoms with Crippen LogP contribution in [0.25, 0.3) is 0 Å². The molecule has 1 rings (SSSR count). The molecule has 2 atom stereocenters. The van der Waals surface area contributed by atoms with Gasteiger partial charge in [0.05, 0.1) is 6.04 Å². The number of likely N-dealkylation sites (tertiary alicyclic amines) is 1. The maximum absolute atomic E-state index is 12.0. The molecule has 1 aliphatic heterocycles. The van der Waals surface area contributed by atoms with Gasteiger partial charge in [0.1, 0.15) is 0 Å². The number of carbonyl (C=O) groups is 1. The molecule has 1 fully saturated rings. The largest absolute Gasteiger partial charge is 0.339 e. The normalized spacial score (nSPS) is 23.9. The summed E-state index contributed by atoms with van der Waals surface area (Å²) >= 11 is 0. The molecule has 0 aromatic heterocycles. The summed E-state index contributed by atoms with van der Waals surface area (Å²) in [5.74, 6) is 0.955. The maximum Gasteiger partial charge on any atom is 0.240 e. The van der Waals surface area contributed by atoms with Gasteiger partial charge < -0.3 is 10.2 Å². The van der Waals surface area contributed by atoms with Gasteiger partial charge in [-0.15, -0.1) is 0 Å². The fourth-order valence-electron chi connectivity index (χ4n) is 2.38. The summed E-state index contributed by atoms with van der Waals surface area (Å²) in [6.07, 6.45) is 2.07. The zero-order chi connectivity index (χ0) is 11.4. The summed E-state index contributed by atoms with van der Waals surface area (Å²) in [5.41, 5.74) is 0. The molecule has 0 saturated carbocycles. The summed E-state index contributed by atoms with van der Waals surface area (Å²) < 4.78 is 0. The van der Waals surface area contributed by atoms with Crippen molar-refractivity contribution in [3.8, 4) is 0 Å². The molecule has 88 valence electrons. The summed E-state index contributed by atoms with van der Waals surface area (Å²) in [7, 11) is 0. The molecule has 2 unspecified atom stereocenters. The Hall–Kier alpha value is -0.570. The van der Waals surface area contributed by atoms with E-state index in [1.165, 1.54) is 0 Å². The van der Waals surface area contributed by atoms with Gasteiger partial charge in [0.25, 0.3) is 0 Å². The predicted molar refractivity (Wildman–Crippen MR) is 62.7 cm³/mol. The van der Waals surface area contributed by atoms with Gasteiger partial charge >= 0.3 is 0 Å². The van der Waals surface area contributed by atoms with Gasteiger partial charge in [0, 0.05) is 12.6 Å². The average molecular weight is 212 g/mol. The molecule has 0 aliphatic carbocycles. The van der Waals surface area contributed by atoms with Gasteiger partial charge in [-0.3, -0.25) is 4.79 Å². The zero-order valence-electron chi connectivity index (χ0n) is 10.4. The molecule has 0 radical (unpaired) electrons. The SMILES string of the molecule is CCNC1CCN(C(C)CC(C)C)C1=O. The lowest BCUT2D eigenvalue weighted by molar-refractivity contribution is -0.131. The number of rotatable bonds is 5. The molecule has 3 nitrogen and oxygen atoms in total. The summed E-state index contributed by atoms with van der Waals surface area (Å²) in [5, 5.41) is 3.24. The molecule has 0 aromatic rings. The van der Waals surface area contributed by atoms with Crippen LogP contribution >= 0.6 is 0 Å². The first-order valence-corrected chi connectivity index (χ1v) is 6.10. The van der Waals surface area contributed by atoms with Crippen molar-refractivity contribution >= 4 is 5.91 Å². The van der Waals surface area contributed by atoms with Crippen LogP contribution < -0.4 is 5.32 Å². The topological polar surface area (TPSA) is 32.3 Å². The quantitative estimate of drug-likeness (QED) is 0.751. The van der Waals surface area contributed by atoms with Crippen molar-refractivity contribution in [3.05, 3.63) is 0 Å². The molecule has 1 saturated heterocycles. The van der Waals surface area contributed by atoms with Gasteiger partial charge in [-0.1, -0.05) is 20.8 Å². The highest BCUT2D eigenvalue weighted by Gasteiger charge is 2.33. The zero-order valence-corrected chi connectivity index (χ0v) is 10.4. The first kappa shape index (κ1) is 12.5. The lowest BCUT2D eigenvalue weighted by Crippen LogP contribution is -2.42. The summed E-state index contributed by atoms with van der Waals surface area (Å²) in [4.78, 5) is 14.0. The number of hydrogen-bond donors (Lipinski definition) is 1. The Bertz CT molecular complexity index is 216. The molecule has 3 heteroatoms. The predicted octanol–water partition coefficient (Wildman–Crippen LogP) is 1.63. The van der Waals surface area contributed by atoms with E-state index in [2.05, 4.69) is 26.1 Å². The highest BCUT2D eigenvalue weighted by molar-refractivity contribution is 5.84. The van der Waals surface area contributed by atoms with Crippen LogP contribution in [0.3, 0.4) is 0 Å². The average Bonchev–Trinajstić information content (AvgIpc) is 2.48. The van der Waals surface area contributed by atoms with Crippen molar-refractivity contribution in [1.29, 1.82) is 0 Å². The van der Waals surface area contributed by atoms with E-state index in [1.54, 1.807) is 0 Å². The van der Waals surface area contributed by atoms with Crippen molar-refractivity contribution in [1.82, 2.24) is 10.2 Å². The van der Waals surface area contributed by atoms with E-state index in [1.807, 2.05) is 11.8 Å². The van der Waals surface area contributed by atoms with Crippen molar-refractivity contribution in [2.24, 2.45) is 5.92 Å². The van der Waals surface area contributed by atoms with E-state index in [9.17, 15) is 4.79 Å². The van der Waals surface area contributed by atoms with E-state index < -0.39 is 0 Å². The Morgan fingerprint density at radius 1 is 1.47 bits per heavy atom. The molecule has 1 N–H and O–H groups in total. The van der Waals surface area contributed by atoms with Gasteiger partial charge in [-0.05, 0) is 32.2 Å². The molecule has 1 amide bonds. The molecule has 0 aromatic carbocycles. The maximum atomic E-state index is 12.0. The Balaban J connectivity index is 2.47. The van der Waals surface area contributed by atoms with E-state index in [0.29, 0.717) is 17.9 Å². The minimum atomic E-state index is 0.0737. The number of likely N-dealkylation sites (N-methyl/N-ethyl adjacent to an activating group) is 1. The number of nitrogens with one attached hydrogen (secondary N) is 1. The first-order chi connectivity index (χ1) is 7.06. The first-order valence-electron chi connectivity index (χ1n) is 6.10. The van der Waals surface area contributed by atoms with Crippen LogP contribution in [0.4, 0.5) is 0 Å². The fraction of sp³-hybridized carbons (Fsp3) is 0.917. The molecule has 1 heterocycles. The highest BCUT2D eigenvalue weighted by atomic mass is 16.2.